The van der Waals surface area contributed by atoms with Crippen LogP contribution in [0, 0.1) is 6.92 Å². The molecule has 0 bridgehead atoms. The molecule has 9 aromatic rings. The van der Waals surface area contributed by atoms with E-state index in [0.717, 1.165) is 56.8 Å². The maximum atomic E-state index is 4.69. The molecule has 9 rings (SSSR count). The van der Waals surface area contributed by atoms with Crippen LogP contribution in [0.5, 0.6) is 0 Å². The molecule has 0 radical (unpaired) electrons. The first-order valence-corrected chi connectivity index (χ1v) is 16.9. The normalized spacial score (nSPS) is 11.3. The maximum Gasteiger partial charge on any atom is 0.168 e. The number of para-hydroxylation sites is 3. The zero-order valence-electron chi connectivity index (χ0n) is 27.6. The minimum atomic E-state index is 0.803. The van der Waals surface area contributed by atoms with E-state index in [9.17, 15) is 0 Å². The van der Waals surface area contributed by atoms with Crippen molar-refractivity contribution in [3.05, 3.63) is 188 Å². The second-order valence-corrected chi connectivity index (χ2v) is 12.4. The number of anilines is 3. The lowest BCUT2D eigenvalue weighted by atomic mass is 10.1. The highest BCUT2D eigenvalue weighted by atomic mass is 15.3. The molecule has 0 aliphatic heterocycles. The summed E-state index contributed by atoms with van der Waals surface area (Å²) in [5.74, 6) is 1.61. The van der Waals surface area contributed by atoms with Gasteiger partial charge in [-0.3, -0.25) is 4.57 Å². The summed E-state index contributed by atoms with van der Waals surface area (Å²) in [6.07, 6.45) is 0. The second-order valence-electron chi connectivity index (χ2n) is 12.4. The zero-order valence-corrected chi connectivity index (χ0v) is 27.6. The summed E-state index contributed by atoms with van der Waals surface area (Å²) in [5, 5.41) is 11.9. The largest absolute Gasteiger partial charge is 0.310 e. The van der Waals surface area contributed by atoms with Gasteiger partial charge in [0.15, 0.2) is 11.6 Å². The topological polar surface area (TPSA) is 38.9 Å². The predicted octanol–water partition coefficient (Wildman–Crippen LogP) is 11.5. The molecular weight excluding hydrogens is 611 g/mol. The van der Waals surface area contributed by atoms with E-state index in [4.69, 9.17) is 0 Å². The van der Waals surface area contributed by atoms with Crippen LogP contribution in [-0.2, 0) is 0 Å². The van der Waals surface area contributed by atoms with Crippen molar-refractivity contribution in [1.82, 2.24) is 19.3 Å². The first-order valence-electron chi connectivity index (χ1n) is 16.9. The number of benzene rings is 7. The SMILES string of the molecule is Cc1cc(-n2c(-c3ccccc3)nnc2-c2ccccc2)ccc1N(c1ccccc1)c1ccc(-n2c3ccccc3c3ccccc32)cc1. The molecule has 0 saturated heterocycles. The smallest absolute Gasteiger partial charge is 0.168 e. The van der Waals surface area contributed by atoms with Gasteiger partial charge in [-0.15, -0.1) is 10.2 Å². The average molecular weight is 644 g/mol. The molecule has 2 heterocycles. The number of fused-ring (bicyclic) bond motifs is 3. The summed E-state index contributed by atoms with van der Waals surface area (Å²) in [6.45, 7) is 2.18. The molecule has 238 valence electrons. The number of aromatic nitrogens is 4. The average Bonchev–Trinajstić information content (AvgIpc) is 3.78. The van der Waals surface area contributed by atoms with Crippen LogP contribution in [0.1, 0.15) is 5.56 Å². The molecule has 0 aliphatic rings. The molecule has 5 heteroatoms. The molecule has 0 fully saturated rings. The van der Waals surface area contributed by atoms with Gasteiger partial charge in [0, 0.05) is 50.3 Å². The fourth-order valence-electron chi connectivity index (χ4n) is 7.06. The van der Waals surface area contributed by atoms with Crippen molar-refractivity contribution < 1.29 is 0 Å². The van der Waals surface area contributed by atoms with Crippen molar-refractivity contribution >= 4 is 38.9 Å². The summed E-state index contributed by atoms with van der Waals surface area (Å²) >= 11 is 0. The quantitative estimate of drug-likeness (QED) is 0.173. The van der Waals surface area contributed by atoms with E-state index < -0.39 is 0 Å². The van der Waals surface area contributed by atoms with Crippen LogP contribution in [0.25, 0.3) is 56.0 Å². The Balaban J connectivity index is 1.16. The van der Waals surface area contributed by atoms with Crippen LogP contribution in [0.15, 0.2) is 182 Å². The maximum absolute atomic E-state index is 4.69. The molecule has 2 aromatic heterocycles. The Labute approximate surface area is 291 Å². The van der Waals surface area contributed by atoms with Gasteiger partial charge >= 0.3 is 0 Å². The molecule has 0 spiro atoms. The Bertz CT molecular complexity index is 2480. The molecule has 0 N–H and O–H groups in total. The Morgan fingerprint density at radius 1 is 0.420 bits per heavy atom. The van der Waals surface area contributed by atoms with Crippen LogP contribution in [-0.4, -0.2) is 19.3 Å². The van der Waals surface area contributed by atoms with E-state index >= 15 is 0 Å². The van der Waals surface area contributed by atoms with Crippen LogP contribution < -0.4 is 4.90 Å². The van der Waals surface area contributed by atoms with E-state index in [-0.39, 0.29) is 0 Å². The van der Waals surface area contributed by atoms with Gasteiger partial charge in [-0.25, -0.2) is 0 Å². The van der Waals surface area contributed by atoms with Crippen molar-refractivity contribution in [2.45, 2.75) is 6.92 Å². The van der Waals surface area contributed by atoms with Gasteiger partial charge in [-0.2, -0.15) is 0 Å². The highest BCUT2D eigenvalue weighted by Gasteiger charge is 2.20. The van der Waals surface area contributed by atoms with Crippen molar-refractivity contribution in [3.8, 4) is 34.2 Å². The molecule has 0 unspecified atom stereocenters. The van der Waals surface area contributed by atoms with Gasteiger partial charge in [0.25, 0.3) is 0 Å². The number of aryl methyl sites for hydroxylation is 1. The summed E-state index contributed by atoms with van der Waals surface area (Å²) in [5.41, 5.74) is 11.0. The van der Waals surface area contributed by atoms with Gasteiger partial charge in [0.1, 0.15) is 0 Å². The Morgan fingerprint density at radius 2 is 0.880 bits per heavy atom. The van der Waals surface area contributed by atoms with Gasteiger partial charge in [-0.1, -0.05) is 115 Å². The monoisotopic (exact) mass is 643 g/mol. The molecule has 0 atom stereocenters. The number of rotatable bonds is 7. The first-order chi connectivity index (χ1) is 24.7. The zero-order chi connectivity index (χ0) is 33.4. The molecule has 5 nitrogen and oxygen atoms in total. The van der Waals surface area contributed by atoms with Crippen molar-refractivity contribution in [2.24, 2.45) is 0 Å². The van der Waals surface area contributed by atoms with E-state index in [0.29, 0.717) is 0 Å². The molecular formula is C45H33N5. The van der Waals surface area contributed by atoms with Gasteiger partial charge in [-0.05, 0) is 79.2 Å². The fraction of sp³-hybridized carbons (Fsp3) is 0.0222. The fourth-order valence-corrected chi connectivity index (χ4v) is 7.06. The first kappa shape index (κ1) is 29.4. The van der Waals surface area contributed by atoms with E-state index in [1.807, 2.05) is 36.4 Å². The summed E-state index contributed by atoms with van der Waals surface area (Å²) in [4.78, 5) is 2.33. The van der Waals surface area contributed by atoms with Gasteiger partial charge in [0.05, 0.1) is 11.0 Å². The van der Waals surface area contributed by atoms with E-state index in [1.165, 1.54) is 21.8 Å². The number of hydrogen-bond donors (Lipinski definition) is 0. The van der Waals surface area contributed by atoms with Crippen molar-refractivity contribution in [1.29, 1.82) is 0 Å². The molecule has 50 heavy (non-hydrogen) atoms. The molecule has 0 saturated carbocycles. The Morgan fingerprint density at radius 3 is 1.42 bits per heavy atom. The third-order valence-corrected chi connectivity index (χ3v) is 9.37. The van der Waals surface area contributed by atoms with Crippen molar-refractivity contribution in [3.63, 3.8) is 0 Å². The highest BCUT2D eigenvalue weighted by molar-refractivity contribution is 6.09. The lowest BCUT2D eigenvalue weighted by Crippen LogP contribution is -2.12. The van der Waals surface area contributed by atoms with Crippen LogP contribution >= 0.6 is 0 Å². The second kappa shape index (κ2) is 12.4. The molecule has 0 aliphatic carbocycles. The molecule has 0 amide bonds. The number of hydrogen-bond acceptors (Lipinski definition) is 3. The summed E-state index contributed by atoms with van der Waals surface area (Å²) in [7, 11) is 0. The molecule has 7 aromatic carbocycles. The number of nitrogens with zero attached hydrogens (tertiary/aromatic N) is 5. The lowest BCUT2D eigenvalue weighted by Gasteiger charge is -2.28. The van der Waals surface area contributed by atoms with Crippen LogP contribution in [0.4, 0.5) is 17.1 Å². The third kappa shape index (κ3) is 5.04. The highest BCUT2D eigenvalue weighted by Crippen LogP contribution is 2.39. The predicted molar refractivity (Wildman–Crippen MR) is 206 cm³/mol. The third-order valence-electron chi connectivity index (χ3n) is 9.37. The lowest BCUT2D eigenvalue weighted by molar-refractivity contribution is 1.07. The van der Waals surface area contributed by atoms with Crippen LogP contribution in [0.3, 0.4) is 0 Å². The van der Waals surface area contributed by atoms with E-state index in [1.54, 1.807) is 0 Å². The minimum Gasteiger partial charge on any atom is -0.310 e. The Kier molecular flexibility index (Phi) is 7.29. The standard InChI is InChI=1S/C45H33N5/c1-32-31-38(50-44(33-15-5-2-6-16-33)46-47-45(50)34-17-7-3-8-18-34)29-30-41(32)48(35-19-9-4-10-20-35)36-25-27-37(28-26-36)49-42-23-13-11-21-39(42)40-22-12-14-24-43(40)49/h2-31H,1H3. The Hall–Kier alpha value is -6.72. The van der Waals surface area contributed by atoms with Crippen molar-refractivity contribution in [2.75, 3.05) is 4.90 Å². The summed E-state index contributed by atoms with van der Waals surface area (Å²) in [6, 6.07) is 63.9. The van der Waals surface area contributed by atoms with E-state index in [2.05, 4.69) is 177 Å². The van der Waals surface area contributed by atoms with Gasteiger partial charge in [0.2, 0.25) is 0 Å². The summed E-state index contributed by atoms with van der Waals surface area (Å²) < 4.78 is 4.52. The van der Waals surface area contributed by atoms with Crippen LogP contribution in [0.2, 0.25) is 0 Å². The minimum absolute atomic E-state index is 0.803. The van der Waals surface area contributed by atoms with Gasteiger partial charge < -0.3 is 9.47 Å².